The van der Waals surface area contributed by atoms with Crippen LogP contribution < -0.4 is 0 Å². The lowest BCUT2D eigenvalue weighted by molar-refractivity contribution is 0.248. The highest BCUT2D eigenvalue weighted by molar-refractivity contribution is 7.32. The molecule has 0 atom stereocenters. The van der Waals surface area contributed by atoms with Crippen LogP contribution in [0.15, 0.2) is 5.57 Å². The normalized spacial score (nSPS) is 24.7. The first-order valence-electron chi connectivity index (χ1n) is 8.29. The number of fused-ring (bicyclic) bond motifs is 1. The van der Waals surface area contributed by atoms with E-state index >= 15 is 0 Å². The molecule has 0 aliphatic heterocycles. The Balaban J connectivity index is 1.89. The number of allylic oxidation sites excluding steroid dienone is 1. The molecule has 1 aromatic heterocycles. The fourth-order valence-electron chi connectivity index (χ4n) is 3.84. The van der Waals surface area contributed by atoms with Crippen LogP contribution in [0.2, 0.25) is 0 Å². The quantitative estimate of drug-likeness (QED) is 0.617. The van der Waals surface area contributed by atoms with Gasteiger partial charge in [-0.1, -0.05) is 40.1 Å². The molecule has 1 heterocycles. The summed E-state index contributed by atoms with van der Waals surface area (Å²) in [6.45, 7) is 9.37. The molecule has 1 fully saturated rings. The number of hydrogen-bond acceptors (Lipinski definition) is 0. The van der Waals surface area contributed by atoms with E-state index in [1.54, 1.807) is 32.9 Å². The van der Waals surface area contributed by atoms with Gasteiger partial charge < -0.3 is 0 Å². The standard InChI is InChI=1S/C19H27P/c1-5-6-7-17-13(3)14(4)20-19-11-16(10-18(17)19)15-8-12(2)9-15/h11-12,15H,5-10H2,1-4H3. The van der Waals surface area contributed by atoms with Gasteiger partial charge in [0.25, 0.3) is 0 Å². The van der Waals surface area contributed by atoms with Crippen molar-refractivity contribution >= 4 is 14.3 Å². The van der Waals surface area contributed by atoms with E-state index in [9.17, 15) is 0 Å². The van der Waals surface area contributed by atoms with Gasteiger partial charge in [0.2, 0.25) is 0 Å². The van der Waals surface area contributed by atoms with Crippen molar-refractivity contribution in [3.8, 4) is 0 Å². The van der Waals surface area contributed by atoms with Crippen LogP contribution in [0.1, 0.15) is 66.8 Å². The minimum atomic E-state index is 0.902. The lowest BCUT2D eigenvalue weighted by Crippen LogP contribution is -2.22. The first kappa shape index (κ1) is 14.3. The average Bonchev–Trinajstić information content (AvgIpc) is 2.78. The summed E-state index contributed by atoms with van der Waals surface area (Å²) in [6, 6.07) is 0. The number of unbranched alkanes of at least 4 members (excludes halogenated alkanes) is 1. The monoisotopic (exact) mass is 286 g/mol. The van der Waals surface area contributed by atoms with E-state index in [2.05, 4.69) is 33.8 Å². The summed E-state index contributed by atoms with van der Waals surface area (Å²) in [4.78, 5) is 0. The predicted molar refractivity (Wildman–Crippen MR) is 90.6 cm³/mol. The van der Waals surface area contributed by atoms with Gasteiger partial charge in [-0.05, 0) is 79.8 Å². The van der Waals surface area contributed by atoms with E-state index in [1.807, 2.05) is 0 Å². The van der Waals surface area contributed by atoms with Gasteiger partial charge in [-0.2, -0.15) is 0 Å². The molecule has 1 heteroatoms. The molecular formula is C19H27P. The minimum absolute atomic E-state index is 0.902. The van der Waals surface area contributed by atoms with Crippen molar-refractivity contribution in [3.63, 3.8) is 0 Å². The molecule has 0 N–H and O–H groups in total. The fraction of sp³-hybridized carbons (Fsp3) is 0.632. The van der Waals surface area contributed by atoms with Crippen LogP contribution in [0.4, 0.5) is 0 Å². The van der Waals surface area contributed by atoms with Crippen molar-refractivity contribution in [2.75, 3.05) is 0 Å². The largest absolute Gasteiger partial charge is 0.0654 e. The van der Waals surface area contributed by atoms with E-state index in [0.29, 0.717) is 0 Å². The molecule has 1 saturated carbocycles. The summed E-state index contributed by atoms with van der Waals surface area (Å²) >= 11 is 0. The Morgan fingerprint density at radius 2 is 2.00 bits per heavy atom. The second-order valence-corrected chi connectivity index (χ2v) is 8.31. The predicted octanol–water partition coefficient (Wildman–Crippen LogP) is 6.21. The van der Waals surface area contributed by atoms with Gasteiger partial charge >= 0.3 is 0 Å². The lowest BCUT2D eigenvalue weighted by Gasteiger charge is -2.34. The van der Waals surface area contributed by atoms with Crippen LogP contribution in [0.25, 0.3) is 6.08 Å². The second kappa shape index (κ2) is 5.64. The Bertz CT molecular complexity index is 547. The molecule has 0 aromatic carbocycles. The van der Waals surface area contributed by atoms with Gasteiger partial charge in [-0.3, -0.25) is 0 Å². The molecule has 0 bridgehead atoms. The zero-order valence-electron chi connectivity index (χ0n) is 13.4. The smallest absolute Gasteiger partial charge is 0.00582 e. The molecule has 3 rings (SSSR count). The number of aryl methyl sites for hydroxylation is 1. The van der Waals surface area contributed by atoms with E-state index in [0.717, 1.165) is 11.8 Å². The molecule has 0 nitrogen and oxygen atoms in total. The molecule has 0 spiro atoms. The summed E-state index contributed by atoms with van der Waals surface area (Å²) < 4.78 is 0. The molecule has 1 aromatic rings. The van der Waals surface area contributed by atoms with Crippen molar-refractivity contribution in [2.24, 2.45) is 11.8 Å². The zero-order chi connectivity index (χ0) is 14.3. The van der Waals surface area contributed by atoms with Crippen LogP contribution >= 0.6 is 8.19 Å². The third kappa shape index (κ3) is 2.48. The minimum Gasteiger partial charge on any atom is -0.0654 e. The Hall–Kier alpha value is -0.610. The first-order chi connectivity index (χ1) is 9.60. The van der Waals surface area contributed by atoms with Crippen LogP contribution in [-0.2, 0) is 12.8 Å². The lowest BCUT2D eigenvalue weighted by atomic mass is 9.71. The highest BCUT2D eigenvalue weighted by atomic mass is 31.0. The van der Waals surface area contributed by atoms with Crippen molar-refractivity contribution in [1.82, 2.24) is 0 Å². The molecule has 0 saturated heterocycles. The second-order valence-electron chi connectivity index (χ2n) is 6.94. The Morgan fingerprint density at radius 1 is 1.25 bits per heavy atom. The van der Waals surface area contributed by atoms with Crippen molar-refractivity contribution < 1.29 is 0 Å². The molecular weight excluding hydrogens is 259 g/mol. The molecule has 20 heavy (non-hydrogen) atoms. The number of rotatable bonds is 4. The van der Waals surface area contributed by atoms with Gasteiger partial charge in [-0.25, -0.2) is 0 Å². The summed E-state index contributed by atoms with van der Waals surface area (Å²) in [5, 5.41) is 3.21. The fourth-order valence-corrected chi connectivity index (χ4v) is 5.08. The van der Waals surface area contributed by atoms with Gasteiger partial charge in [0, 0.05) is 5.30 Å². The molecule has 2 aliphatic carbocycles. The zero-order valence-corrected chi connectivity index (χ0v) is 14.3. The van der Waals surface area contributed by atoms with E-state index < -0.39 is 0 Å². The van der Waals surface area contributed by atoms with Crippen molar-refractivity contribution in [3.05, 3.63) is 32.9 Å². The van der Waals surface area contributed by atoms with E-state index in [1.165, 1.54) is 46.7 Å². The third-order valence-electron chi connectivity index (χ3n) is 5.34. The summed E-state index contributed by atoms with van der Waals surface area (Å²) in [6.07, 6.45) is 10.6. The molecule has 0 radical (unpaired) electrons. The summed E-state index contributed by atoms with van der Waals surface area (Å²) in [7, 11) is 1.48. The van der Waals surface area contributed by atoms with Gasteiger partial charge in [0.1, 0.15) is 0 Å². The highest BCUT2D eigenvalue weighted by Gasteiger charge is 2.31. The van der Waals surface area contributed by atoms with Crippen LogP contribution in [-0.4, -0.2) is 0 Å². The maximum atomic E-state index is 2.56. The van der Waals surface area contributed by atoms with E-state index in [4.69, 9.17) is 0 Å². The van der Waals surface area contributed by atoms with Crippen LogP contribution in [0.5, 0.6) is 0 Å². The van der Waals surface area contributed by atoms with Gasteiger partial charge in [-0.15, -0.1) is 0 Å². The maximum Gasteiger partial charge on any atom is 0.00582 e. The molecule has 2 aliphatic rings. The third-order valence-corrected chi connectivity index (χ3v) is 6.65. The Labute approximate surface area is 125 Å². The van der Waals surface area contributed by atoms with Gasteiger partial charge in [0.15, 0.2) is 0 Å². The van der Waals surface area contributed by atoms with Crippen molar-refractivity contribution in [2.45, 2.75) is 66.2 Å². The van der Waals surface area contributed by atoms with Crippen LogP contribution in [0, 0.1) is 25.7 Å². The molecule has 0 unspecified atom stereocenters. The Kier molecular flexibility index (Phi) is 4.04. The van der Waals surface area contributed by atoms with Crippen LogP contribution in [0.3, 0.4) is 0 Å². The summed E-state index contributed by atoms with van der Waals surface area (Å²) in [5.41, 5.74) is 6.74. The van der Waals surface area contributed by atoms with Crippen molar-refractivity contribution in [1.29, 1.82) is 0 Å². The highest BCUT2D eigenvalue weighted by Crippen LogP contribution is 2.46. The average molecular weight is 286 g/mol. The first-order valence-corrected chi connectivity index (χ1v) is 9.19. The Morgan fingerprint density at radius 3 is 2.65 bits per heavy atom. The number of hydrogen-bond donors (Lipinski definition) is 0. The van der Waals surface area contributed by atoms with Gasteiger partial charge in [0.05, 0.1) is 0 Å². The SMILES string of the molecule is CCCCc1c(C)c(C)pc2c1CC(C1CC(C)C1)=C2. The molecule has 108 valence electrons. The maximum absolute atomic E-state index is 2.56. The molecule has 0 amide bonds. The van der Waals surface area contributed by atoms with E-state index in [-0.39, 0.29) is 0 Å². The summed E-state index contributed by atoms with van der Waals surface area (Å²) in [5.74, 6) is 1.86. The topological polar surface area (TPSA) is 0 Å².